The van der Waals surface area contributed by atoms with Gasteiger partial charge >= 0.3 is 0 Å². The Bertz CT molecular complexity index is 344. The standard InChI is InChI=1S/C19H40N4O2/c1-5-6-12-24-14-15-25-13-9-21-19(20-4)22-16-18(3)23-10-7-17(2)8-11-23/h17-18H,5-16H2,1-4H3,(H2,20,21,22). The van der Waals surface area contributed by atoms with Gasteiger partial charge in [-0.15, -0.1) is 0 Å². The number of hydrogen-bond donors (Lipinski definition) is 2. The molecule has 0 spiro atoms. The van der Waals surface area contributed by atoms with E-state index in [0.29, 0.717) is 25.9 Å². The molecule has 1 rings (SSSR count). The van der Waals surface area contributed by atoms with Gasteiger partial charge in [0, 0.05) is 32.8 Å². The van der Waals surface area contributed by atoms with E-state index in [4.69, 9.17) is 9.47 Å². The summed E-state index contributed by atoms with van der Waals surface area (Å²) >= 11 is 0. The number of piperidine rings is 1. The molecule has 25 heavy (non-hydrogen) atoms. The number of aliphatic imine (C=N–C) groups is 1. The van der Waals surface area contributed by atoms with Crippen molar-refractivity contribution in [3.8, 4) is 0 Å². The van der Waals surface area contributed by atoms with Crippen molar-refractivity contribution in [3.63, 3.8) is 0 Å². The van der Waals surface area contributed by atoms with Gasteiger partial charge in [-0.1, -0.05) is 20.3 Å². The summed E-state index contributed by atoms with van der Waals surface area (Å²) in [6, 6.07) is 0.530. The number of ether oxygens (including phenoxy) is 2. The van der Waals surface area contributed by atoms with E-state index in [0.717, 1.165) is 38.0 Å². The van der Waals surface area contributed by atoms with Crippen molar-refractivity contribution in [1.29, 1.82) is 0 Å². The van der Waals surface area contributed by atoms with Crippen LogP contribution in [0.5, 0.6) is 0 Å². The average Bonchev–Trinajstić information content (AvgIpc) is 2.63. The fourth-order valence-corrected chi connectivity index (χ4v) is 2.87. The van der Waals surface area contributed by atoms with Gasteiger partial charge in [0.1, 0.15) is 0 Å². The van der Waals surface area contributed by atoms with Gasteiger partial charge in [-0.25, -0.2) is 0 Å². The van der Waals surface area contributed by atoms with Crippen LogP contribution in [-0.2, 0) is 9.47 Å². The minimum Gasteiger partial charge on any atom is -0.379 e. The largest absolute Gasteiger partial charge is 0.379 e. The lowest BCUT2D eigenvalue weighted by molar-refractivity contribution is 0.0487. The first kappa shape index (κ1) is 22.2. The molecule has 0 aromatic carbocycles. The summed E-state index contributed by atoms with van der Waals surface area (Å²) in [6.45, 7) is 13.7. The first-order chi connectivity index (χ1) is 12.2. The molecular formula is C19H40N4O2. The normalized spacial score (nSPS) is 18.3. The maximum absolute atomic E-state index is 5.56. The first-order valence-electron chi connectivity index (χ1n) is 10.0. The highest BCUT2D eigenvalue weighted by Gasteiger charge is 2.20. The van der Waals surface area contributed by atoms with Crippen molar-refractivity contribution in [2.75, 3.05) is 59.7 Å². The Balaban J connectivity index is 2.02. The average molecular weight is 357 g/mol. The zero-order valence-electron chi connectivity index (χ0n) is 16.9. The molecule has 0 saturated carbocycles. The van der Waals surface area contributed by atoms with E-state index in [1.54, 1.807) is 0 Å². The second-order valence-electron chi connectivity index (χ2n) is 7.03. The summed E-state index contributed by atoms with van der Waals surface area (Å²) in [5.74, 6) is 1.72. The van der Waals surface area contributed by atoms with Gasteiger partial charge in [-0.3, -0.25) is 9.89 Å². The molecule has 1 unspecified atom stereocenters. The molecule has 1 saturated heterocycles. The molecule has 2 N–H and O–H groups in total. The van der Waals surface area contributed by atoms with Crippen LogP contribution in [0, 0.1) is 5.92 Å². The monoisotopic (exact) mass is 356 g/mol. The van der Waals surface area contributed by atoms with Crippen LogP contribution in [0.4, 0.5) is 0 Å². The summed E-state index contributed by atoms with van der Waals surface area (Å²) in [7, 11) is 1.81. The molecule has 1 atom stereocenters. The minimum absolute atomic E-state index is 0.530. The molecule has 0 bridgehead atoms. The van der Waals surface area contributed by atoms with Crippen molar-refractivity contribution in [2.24, 2.45) is 10.9 Å². The maximum atomic E-state index is 5.56. The van der Waals surface area contributed by atoms with Crippen molar-refractivity contribution in [2.45, 2.75) is 52.5 Å². The van der Waals surface area contributed by atoms with Crippen LogP contribution in [-0.4, -0.2) is 76.6 Å². The molecule has 0 aromatic rings. The molecule has 0 aliphatic carbocycles. The van der Waals surface area contributed by atoms with Crippen molar-refractivity contribution in [3.05, 3.63) is 0 Å². The highest BCUT2D eigenvalue weighted by molar-refractivity contribution is 5.79. The van der Waals surface area contributed by atoms with Gasteiger partial charge in [-0.2, -0.15) is 0 Å². The summed E-state index contributed by atoms with van der Waals surface area (Å²) in [6.07, 6.45) is 4.93. The summed E-state index contributed by atoms with van der Waals surface area (Å²) in [5, 5.41) is 6.72. The summed E-state index contributed by atoms with van der Waals surface area (Å²) < 4.78 is 11.0. The summed E-state index contributed by atoms with van der Waals surface area (Å²) in [5.41, 5.74) is 0. The van der Waals surface area contributed by atoms with Gasteiger partial charge in [0.2, 0.25) is 0 Å². The Morgan fingerprint density at radius 2 is 1.80 bits per heavy atom. The van der Waals surface area contributed by atoms with Crippen LogP contribution in [0.3, 0.4) is 0 Å². The van der Waals surface area contributed by atoms with Gasteiger partial charge < -0.3 is 20.1 Å². The van der Waals surface area contributed by atoms with Gasteiger partial charge in [0.25, 0.3) is 0 Å². The lowest BCUT2D eigenvalue weighted by Crippen LogP contribution is -2.48. The van der Waals surface area contributed by atoms with E-state index in [1.807, 2.05) is 7.05 Å². The van der Waals surface area contributed by atoms with E-state index in [9.17, 15) is 0 Å². The number of nitrogens with one attached hydrogen (secondary N) is 2. The van der Waals surface area contributed by atoms with Crippen LogP contribution < -0.4 is 10.6 Å². The molecule has 1 fully saturated rings. The fourth-order valence-electron chi connectivity index (χ4n) is 2.87. The van der Waals surface area contributed by atoms with Crippen LogP contribution in [0.25, 0.3) is 0 Å². The van der Waals surface area contributed by atoms with E-state index in [2.05, 4.69) is 41.3 Å². The zero-order chi connectivity index (χ0) is 18.3. The third kappa shape index (κ3) is 10.7. The Kier molecular flexibility index (Phi) is 12.7. The Labute approximate surface area is 154 Å². The lowest BCUT2D eigenvalue weighted by atomic mass is 9.98. The minimum atomic E-state index is 0.530. The molecular weight excluding hydrogens is 316 g/mol. The smallest absolute Gasteiger partial charge is 0.191 e. The third-order valence-corrected chi connectivity index (χ3v) is 4.78. The molecule has 1 aliphatic heterocycles. The van der Waals surface area contributed by atoms with Crippen LogP contribution in [0.1, 0.15) is 46.5 Å². The van der Waals surface area contributed by atoms with E-state index < -0.39 is 0 Å². The zero-order valence-corrected chi connectivity index (χ0v) is 16.9. The third-order valence-electron chi connectivity index (χ3n) is 4.78. The second kappa shape index (κ2) is 14.3. The SMILES string of the molecule is CCCCOCCOCCNC(=NC)NCC(C)N1CCC(C)CC1. The molecule has 0 amide bonds. The highest BCUT2D eigenvalue weighted by atomic mass is 16.5. The first-order valence-corrected chi connectivity index (χ1v) is 10.0. The predicted octanol–water partition coefficient (Wildman–Crippen LogP) is 2.11. The Morgan fingerprint density at radius 3 is 2.44 bits per heavy atom. The van der Waals surface area contributed by atoms with Crippen molar-refractivity contribution in [1.82, 2.24) is 15.5 Å². The quantitative estimate of drug-likeness (QED) is 0.319. The predicted molar refractivity (Wildman–Crippen MR) is 105 cm³/mol. The summed E-state index contributed by atoms with van der Waals surface area (Å²) in [4.78, 5) is 6.85. The highest BCUT2D eigenvalue weighted by Crippen LogP contribution is 2.17. The topological polar surface area (TPSA) is 58.1 Å². The number of likely N-dealkylation sites (tertiary alicyclic amines) is 1. The number of rotatable bonds is 12. The molecule has 1 heterocycles. The Morgan fingerprint density at radius 1 is 1.12 bits per heavy atom. The number of nitrogens with zero attached hydrogens (tertiary/aromatic N) is 2. The van der Waals surface area contributed by atoms with Crippen molar-refractivity contribution >= 4 is 5.96 Å². The molecule has 0 aromatic heterocycles. The molecule has 6 heteroatoms. The fraction of sp³-hybridized carbons (Fsp3) is 0.947. The van der Waals surface area contributed by atoms with Gasteiger partial charge in [0.05, 0.1) is 19.8 Å². The van der Waals surface area contributed by atoms with E-state index >= 15 is 0 Å². The van der Waals surface area contributed by atoms with Crippen LogP contribution >= 0.6 is 0 Å². The van der Waals surface area contributed by atoms with Crippen LogP contribution in [0.2, 0.25) is 0 Å². The van der Waals surface area contributed by atoms with Gasteiger partial charge in [-0.05, 0) is 45.2 Å². The Hall–Kier alpha value is -0.850. The maximum Gasteiger partial charge on any atom is 0.191 e. The number of guanidine groups is 1. The molecule has 6 nitrogen and oxygen atoms in total. The molecule has 148 valence electrons. The van der Waals surface area contributed by atoms with E-state index in [1.165, 1.54) is 32.4 Å². The molecule has 0 radical (unpaired) electrons. The number of unbranched alkanes of at least 4 members (excludes halogenated alkanes) is 1. The lowest BCUT2D eigenvalue weighted by Gasteiger charge is -2.35. The second-order valence-corrected chi connectivity index (χ2v) is 7.03. The number of hydrogen-bond acceptors (Lipinski definition) is 4. The van der Waals surface area contributed by atoms with Crippen molar-refractivity contribution < 1.29 is 9.47 Å². The van der Waals surface area contributed by atoms with Crippen LogP contribution in [0.15, 0.2) is 4.99 Å². The molecule has 1 aliphatic rings. The van der Waals surface area contributed by atoms with Gasteiger partial charge in [0.15, 0.2) is 5.96 Å². The van der Waals surface area contributed by atoms with E-state index in [-0.39, 0.29) is 0 Å².